The number of anilines is 1. The van der Waals surface area contributed by atoms with Gasteiger partial charge in [0, 0.05) is 67.9 Å². The van der Waals surface area contributed by atoms with Gasteiger partial charge >= 0.3 is 0 Å². The van der Waals surface area contributed by atoms with Crippen molar-refractivity contribution in [2.24, 2.45) is 0 Å². The van der Waals surface area contributed by atoms with E-state index in [9.17, 15) is 9.59 Å². The number of methoxy groups -OCH3 is 1. The van der Waals surface area contributed by atoms with Crippen LogP contribution in [0.15, 0.2) is 10.9 Å². The van der Waals surface area contributed by atoms with Crippen LogP contribution in [-0.2, 0) is 17.7 Å². The molecule has 5 rings (SSSR count). The third kappa shape index (κ3) is 4.41. The fraction of sp³-hybridized carbons (Fsp3) is 0.643. The van der Waals surface area contributed by atoms with Gasteiger partial charge in [-0.25, -0.2) is 0 Å². The van der Waals surface area contributed by atoms with Gasteiger partial charge in [-0.05, 0) is 70.6 Å². The number of H-pyrrole nitrogens is 1. The Morgan fingerprint density at radius 3 is 2.53 bits per heavy atom. The Kier molecular flexibility index (Phi) is 6.81. The average molecular weight is 513 g/mol. The first kappa shape index (κ1) is 25.5. The Morgan fingerprint density at radius 1 is 1.19 bits per heavy atom. The zero-order valence-electron chi connectivity index (χ0n) is 22.6. The van der Waals surface area contributed by atoms with Crippen LogP contribution in [0.3, 0.4) is 0 Å². The van der Waals surface area contributed by atoms with E-state index in [0.29, 0.717) is 30.8 Å². The van der Waals surface area contributed by atoms with Crippen LogP contribution in [0.4, 0.5) is 5.00 Å². The lowest BCUT2D eigenvalue weighted by Gasteiger charge is -2.50. The van der Waals surface area contributed by atoms with Crippen LogP contribution in [-0.4, -0.2) is 72.2 Å². The molecule has 0 bridgehead atoms. The van der Waals surface area contributed by atoms with Gasteiger partial charge in [-0.1, -0.05) is 0 Å². The summed E-state index contributed by atoms with van der Waals surface area (Å²) in [5.74, 6) is 0.0587. The van der Waals surface area contributed by atoms with Crippen molar-refractivity contribution in [3.63, 3.8) is 0 Å². The number of pyridine rings is 1. The standard InChI is InChI=1S/C28H40N4O3S/c1-17-13-18(2)29-25(33)22(17)16-31-12-9-23-24(26(31)34)19(3)27(36-23)30(5)28(4)10-7-20(8-11-28)32-14-21(15-32)35-6/h13,20-21H,7-12,14-16H2,1-6H3,(H,29,33)/t20-,28-. The summed E-state index contributed by atoms with van der Waals surface area (Å²) in [7, 11) is 4.03. The summed E-state index contributed by atoms with van der Waals surface area (Å²) in [4.78, 5) is 37.2. The van der Waals surface area contributed by atoms with Gasteiger partial charge in [-0.2, -0.15) is 0 Å². The van der Waals surface area contributed by atoms with Gasteiger partial charge in [0.05, 0.1) is 23.2 Å². The zero-order chi connectivity index (χ0) is 25.8. The smallest absolute Gasteiger partial charge is 0.255 e. The zero-order valence-corrected chi connectivity index (χ0v) is 23.4. The maximum absolute atomic E-state index is 13.6. The highest BCUT2D eigenvalue weighted by molar-refractivity contribution is 7.16. The Bertz CT molecular complexity index is 1200. The SMILES string of the molecule is COC1CN([C@H]2CC[C@](C)(N(C)c3sc4c(c3C)C(=O)N(Cc3c(C)cc(C)[nH]c3=O)CC4)CC2)C1. The fourth-order valence-electron chi connectivity index (χ4n) is 6.34. The fourth-order valence-corrected chi connectivity index (χ4v) is 7.72. The molecule has 7 nitrogen and oxygen atoms in total. The van der Waals surface area contributed by atoms with Crippen molar-refractivity contribution < 1.29 is 9.53 Å². The minimum absolute atomic E-state index is 0.0587. The molecular formula is C28H40N4O3S. The molecule has 1 saturated heterocycles. The number of aromatic nitrogens is 1. The van der Waals surface area contributed by atoms with Crippen LogP contribution >= 0.6 is 11.3 Å². The average Bonchev–Trinajstić information content (AvgIpc) is 3.14. The second-order valence-corrected chi connectivity index (χ2v) is 12.4. The summed E-state index contributed by atoms with van der Waals surface area (Å²) in [5.41, 5.74) is 4.43. The quantitative estimate of drug-likeness (QED) is 0.633. The van der Waals surface area contributed by atoms with Crippen molar-refractivity contribution in [2.45, 2.75) is 84.0 Å². The number of nitrogens with zero attached hydrogens (tertiary/aromatic N) is 3. The van der Waals surface area contributed by atoms with Crippen LogP contribution in [0.5, 0.6) is 0 Å². The van der Waals surface area contributed by atoms with Crippen molar-refractivity contribution >= 4 is 22.2 Å². The summed E-state index contributed by atoms with van der Waals surface area (Å²) in [5, 5.41) is 1.23. The number of amides is 1. The van der Waals surface area contributed by atoms with Crippen molar-refractivity contribution in [2.75, 3.05) is 38.7 Å². The Morgan fingerprint density at radius 2 is 1.89 bits per heavy atom. The highest BCUT2D eigenvalue weighted by Crippen LogP contribution is 2.44. The number of hydrogen-bond donors (Lipinski definition) is 1. The maximum Gasteiger partial charge on any atom is 0.255 e. The summed E-state index contributed by atoms with van der Waals surface area (Å²) in [6, 6.07) is 2.64. The number of hydrogen-bond acceptors (Lipinski definition) is 6. The largest absolute Gasteiger partial charge is 0.379 e. The molecule has 2 fully saturated rings. The molecule has 2 aliphatic heterocycles. The molecule has 0 radical (unpaired) electrons. The first-order chi connectivity index (χ1) is 17.1. The van der Waals surface area contributed by atoms with Crippen LogP contribution in [0.2, 0.25) is 0 Å². The minimum Gasteiger partial charge on any atom is -0.379 e. The van der Waals surface area contributed by atoms with Gasteiger partial charge in [-0.15, -0.1) is 11.3 Å². The number of aromatic amines is 1. The number of ether oxygens (including phenoxy) is 1. The van der Waals surface area contributed by atoms with Crippen molar-refractivity contribution in [3.8, 4) is 0 Å². The number of rotatable bonds is 6. The molecule has 2 aromatic heterocycles. The lowest BCUT2D eigenvalue weighted by molar-refractivity contribution is -0.0601. The maximum atomic E-state index is 13.6. The van der Waals surface area contributed by atoms with Crippen LogP contribution in [0.1, 0.15) is 70.2 Å². The summed E-state index contributed by atoms with van der Waals surface area (Å²) in [6.45, 7) is 11.5. The van der Waals surface area contributed by atoms with Crippen LogP contribution < -0.4 is 10.5 Å². The van der Waals surface area contributed by atoms with Gasteiger partial charge in [0.25, 0.3) is 11.5 Å². The Labute approximate surface area is 218 Å². The second kappa shape index (κ2) is 9.62. The molecule has 1 aliphatic carbocycles. The molecule has 36 heavy (non-hydrogen) atoms. The Balaban J connectivity index is 1.30. The number of aryl methyl sites for hydroxylation is 2. The van der Waals surface area contributed by atoms with E-state index in [1.807, 2.05) is 31.9 Å². The molecule has 0 aromatic carbocycles. The highest BCUT2D eigenvalue weighted by Gasteiger charge is 2.41. The van der Waals surface area contributed by atoms with E-state index in [2.05, 4.69) is 35.7 Å². The monoisotopic (exact) mass is 512 g/mol. The molecule has 3 aliphatic rings. The molecule has 1 N–H and O–H groups in total. The van der Waals surface area contributed by atoms with Gasteiger partial charge in [0.1, 0.15) is 0 Å². The van der Waals surface area contributed by atoms with Crippen LogP contribution in [0.25, 0.3) is 0 Å². The second-order valence-electron chi connectivity index (χ2n) is 11.3. The van der Waals surface area contributed by atoms with E-state index in [1.165, 1.54) is 22.7 Å². The topological polar surface area (TPSA) is 68.9 Å². The van der Waals surface area contributed by atoms with E-state index in [1.54, 1.807) is 11.3 Å². The molecule has 196 valence electrons. The number of nitrogens with one attached hydrogen (secondary N) is 1. The van der Waals surface area contributed by atoms with Gasteiger partial charge in [0.15, 0.2) is 0 Å². The van der Waals surface area contributed by atoms with Crippen LogP contribution in [0, 0.1) is 20.8 Å². The predicted molar refractivity (Wildman–Crippen MR) is 145 cm³/mol. The molecule has 0 spiro atoms. The van der Waals surface area contributed by atoms with Gasteiger partial charge in [-0.3, -0.25) is 14.5 Å². The first-order valence-corrected chi connectivity index (χ1v) is 14.0. The van der Waals surface area contributed by atoms with Crippen molar-refractivity contribution in [1.82, 2.24) is 14.8 Å². The molecule has 0 atom stereocenters. The molecular weight excluding hydrogens is 472 g/mol. The van der Waals surface area contributed by atoms with Gasteiger partial charge in [0.2, 0.25) is 0 Å². The van der Waals surface area contributed by atoms with Crippen molar-refractivity contribution in [3.05, 3.63) is 49.2 Å². The summed E-state index contributed by atoms with van der Waals surface area (Å²) in [6.07, 6.45) is 5.97. The lowest BCUT2D eigenvalue weighted by atomic mass is 9.78. The van der Waals surface area contributed by atoms with E-state index < -0.39 is 0 Å². The number of fused-ring (bicyclic) bond motifs is 1. The number of carbonyl (C=O) groups is 1. The molecule has 1 amide bonds. The Hall–Kier alpha value is -2.16. The van der Waals surface area contributed by atoms with E-state index in [0.717, 1.165) is 54.7 Å². The number of carbonyl (C=O) groups excluding carboxylic acids is 1. The van der Waals surface area contributed by atoms with E-state index in [-0.39, 0.29) is 17.0 Å². The van der Waals surface area contributed by atoms with Crippen molar-refractivity contribution in [1.29, 1.82) is 0 Å². The molecule has 2 aromatic rings. The first-order valence-electron chi connectivity index (χ1n) is 13.2. The molecule has 8 heteroatoms. The summed E-state index contributed by atoms with van der Waals surface area (Å²) < 4.78 is 5.47. The molecule has 4 heterocycles. The third-order valence-electron chi connectivity index (χ3n) is 9.02. The third-order valence-corrected chi connectivity index (χ3v) is 10.4. The van der Waals surface area contributed by atoms with Gasteiger partial charge < -0.3 is 19.5 Å². The predicted octanol–water partition coefficient (Wildman–Crippen LogP) is 4.03. The highest BCUT2D eigenvalue weighted by atomic mass is 32.1. The number of thiophene rings is 1. The molecule has 0 unspecified atom stereocenters. The normalized spacial score (nSPS) is 25.1. The number of likely N-dealkylation sites (tertiary alicyclic amines) is 1. The van der Waals surface area contributed by atoms with E-state index >= 15 is 0 Å². The lowest BCUT2D eigenvalue weighted by Crippen LogP contribution is -2.59. The summed E-state index contributed by atoms with van der Waals surface area (Å²) >= 11 is 1.79. The minimum atomic E-state index is -0.0898. The molecule has 1 saturated carbocycles. The van der Waals surface area contributed by atoms with E-state index in [4.69, 9.17) is 4.74 Å².